The molecule has 4 rings (SSSR count). The number of hydrogen-bond acceptors (Lipinski definition) is 5. The number of hydrogen-bond donors (Lipinski definition) is 1. The number of esters is 1. The van der Waals surface area contributed by atoms with Crippen LogP contribution in [0.5, 0.6) is 0 Å². The van der Waals surface area contributed by atoms with Gasteiger partial charge in [-0.05, 0) is 31.2 Å². The first-order chi connectivity index (χ1) is 14.5. The molecule has 2 aromatic heterocycles. The van der Waals surface area contributed by atoms with E-state index in [-0.39, 0.29) is 17.0 Å². The molecule has 1 N–H and O–H groups in total. The Bertz CT molecular complexity index is 1260. The number of nitrogens with zero attached hydrogens (tertiary/aromatic N) is 2. The molecule has 0 saturated heterocycles. The first kappa shape index (κ1) is 19.3. The Morgan fingerprint density at radius 3 is 2.50 bits per heavy atom. The Balaban J connectivity index is 1.47. The zero-order valence-corrected chi connectivity index (χ0v) is 16.4. The normalized spacial score (nSPS) is 10.9. The van der Waals surface area contributed by atoms with Crippen molar-refractivity contribution in [3.8, 4) is 5.69 Å². The summed E-state index contributed by atoms with van der Waals surface area (Å²) in [6.45, 7) is 1.17. The molecule has 2 heterocycles. The van der Waals surface area contributed by atoms with Crippen molar-refractivity contribution in [1.29, 1.82) is 0 Å². The molecule has 0 fully saturated rings. The number of ether oxygens (including phenoxy) is 1. The van der Waals surface area contributed by atoms with Gasteiger partial charge in [-0.25, -0.2) is 9.48 Å². The highest BCUT2D eigenvalue weighted by atomic mass is 16.5. The molecule has 8 heteroatoms. The van der Waals surface area contributed by atoms with Gasteiger partial charge in [0.1, 0.15) is 11.3 Å². The van der Waals surface area contributed by atoms with Gasteiger partial charge >= 0.3 is 5.97 Å². The van der Waals surface area contributed by atoms with Gasteiger partial charge in [-0.15, -0.1) is 0 Å². The minimum absolute atomic E-state index is 0.00586. The van der Waals surface area contributed by atoms with Crippen molar-refractivity contribution >= 4 is 28.5 Å². The van der Waals surface area contributed by atoms with Crippen molar-refractivity contribution in [2.75, 3.05) is 11.9 Å². The Kier molecular flexibility index (Phi) is 4.97. The maximum absolute atomic E-state index is 12.8. The van der Waals surface area contributed by atoms with E-state index in [0.717, 1.165) is 5.39 Å². The van der Waals surface area contributed by atoms with Gasteiger partial charge in [0.05, 0.1) is 11.4 Å². The Hall–Kier alpha value is -4.07. The average Bonchev–Trinajstić information content (AvgIpc) is 3.28. The fraction of sp³-hybridized carbons (Fsp3) is 0.136. The lowest BCUT2D eigenvalue weighted by molar-refractivity contribution is -0.119. The minimum atomic E-state index is -0.757. The van der Waals surface area contributed by atoms with Gasteiger partial charge in [-0.3, -0.25) is 14.3 Å². The van der Waals surface area contributed by atoms with Gasteiger partial charge in [-0.1, -0.05) is 36.4 Å². The summed E-state index contributed by atoms with van der Waals surface area (Å²) in [6.07, 6.45) is 0. The van der Waals surface area contributed by atoms with Crippen LogP contribution in [0.2, 0.25) is 0 Å². The molecule has 152 valence electrons. The molecule has 0 atom stereocenters. The number of furan rings is 1. The summed E-state index contributed by atoms with van der Waals surface area (Å²) >= 11 is 0. The number of nitrogens with one attached hydrogen (secondary N) is 1. The quantitative estimate of drug-likeness (QED) is 0.515. The number of benzene rings is 2. The summed E-state index contributed by atoms with van der Waals surface area (Å²) in [7, 11) is 1.72. The monoisotopic (exact) mass is 405 g/mol. The van der Waals surface area contributed by atoms with Crippen LogP contribution in [-0.2, 0) is 16.6 Å². The third-order valence-corrected chi connectivity index (χ3v) is 4.78. The number of anilines is 1. The average molecular weight is 405 g/mol. The highest BCUT2D eigenvalue weighted by Gasteiger charge is 2.20. The first-order valence-corrected chi connectivity index (χ1v) is 9.25. The fourth-order valence-corrected chi connectivity index (χ4v) is 3.17. The van der Waals surface area contributed by atoms with E-state index in [1.54, 1.807) is 55.1 Å². The van der Waals surface area contributed by atoms with E-state index in [1.165, 1.54) is 4.68 Å². The largest absolute Gasteiger partial charge is 0.450 e. The van der Waals surface area contributed by atoms with Gasteiger partial charge < -0.3 is 14.5 Å². The van der Waals surface area contributed by atoms with Crippen molar-refractivity contribution in [3.63, 3.8) is 0 Å². The van der Waals surface area contributed by atoms with Crippen molar-refractivity contribution in [2.45, 2.75) is 6.92 Å². The Labute approximate surface area is 171 Å². The van der Waals surface area contributed by atoms with Crippen LogP contribution in [-0.4, -0.2) is 27.8 Å². The molecule has 4 aromatic rings. The molecule has 0 aliphatic carbocycles. The van der Waals surface area contributed by atoms with Gasteiger partial charge in [0.25, 0.3) is 11.5 Å². The van der Waals surface area contributed by atoms with Crippen molar-refractivity contribution in [3.05, 3.63) is 82.5 Å². The van der Waals surface area contributed by atoms with Crippen molar-refractivity contribution < 1.29 is 18.7 Å². The van der Waals surface area contributed by atoms with Gasteiger partial charge in [0.2, 0.25) is 5.76 Å². The summed E-state index contributed by atoms with van der Waals surface area (Å²) < 4.78 is 13.6. The lowest BCUT2D eigenvalue weighted by Crippen LogP contribution is -2.25. The summed E-state index contributed by atoms with van der Waals surface area (Å²) in [5.41, 5.74) is 1.55. The van der Waals surface area contributed by atoms with Crippen LogP contribution < -0.4 is 10.9 Å². The van der Waals surface area contributed by atoms with Crippen LogP contribution in [0.25, 0.3) is 16.7 Å². The summed E-state index contributed by atoms with van der Waals surface area (Å²) in [6, 6.07) is 17.8. The van der Waals surface area contributed by atoms with Gasteiger partial charge in [0, 0.05) is 12.4 Å². The highest BCUT2D eigenvalue weighted by molar-refractivity contribution is 5.96. The van der Waals surface area contributed by atoms with E-state index >= 15 is 0 Å². The molecular weight excluding hydrogens is 386 g/mol. The van der Waals surface area contributed by atoms with Crippen LogP contribution in [0.4, 0.5) is 5.69 Å². The maximum atomic E-state index is 12.8. The summed E-state index contributed by atoms with van der Waals surface area (Å²) in [4.78, 5) is 37.3. The lowest BCUT2D eigenvalue weighted by Gasteiger charge is -2.07. The second-order valence-corrected chi connectivity index (χ2v) is 6.71. The predicted molar refractivity (Wildman–Crippen MR) is 111 cm³/mol. The molecule has 0 unspecified atom stereocenters. The Morgan fingerprint density at radius 1 is 1.07 bits per heavy atom. The zero-order valence-electron chi connectivity index (χ0n) is 16.4. The molecule has 0 spiro atoms. The molecular formula is C22H19N3O5. The first-order valence-electron chi connectivity index (χ1n) is 9.25. The topological polar surface area (TPSA) is 95.5 Å². The van der Waals surface area contributed by atoms with Gasteiger partial charge in [0.15, 0.2) is 6.61 Å². The molecule has 0 aliphatic heterocycles. The molecule has 2 aromatic carbocycles. The van der Waals surface area contributed by atoms with Crippen LogP contribution >= 0.6 is 0 Å². The number of aromatic nitrogens is 2. The van der Waals surface area contributed by atoms with Crippen molar-refractivity contribution in [1.82, 2.24) is 9.36 Å². The number of para-hydroxylation sites is 2. The number of carbonyl (C=O) groups is 2. The van der Waals surface area contributed by atoms with Gasteiger partial charge in [-0.2, -0.15) is 0 Å². The molecule has 0 aliphatic rings. The van der Waals surface area contributed by atoms with Crippen LogP contribution in [0.15, 0.2) is 69.9 Å². The van der Waals surface area contributed by atoms with E-state index in [9.17, 15) is 14.4 Å². The van der Waals surface area contributed by atoms with E-state index in [1.807, 2.05) is 24.3 Å². The summed E-state index contributed by atoms with van der Waals surface area (Å²) in [5.74, 6) is -1.37. The van der Waals surface area contributed by atoms with E-state index in [0.29, 0.717) is 17.0 Å². The third-order valence-electron chi connectivity index (χ3n) is 4.78. The third kappa shape index (κ3) is 3.50. The zero-order chi connectivity index (χ0) is 21.3. The van der Waals surface area contributed by atoms with E-state index < -0.39 is 18.5 Å². The second kappa shape index (κ2) is 7.75. The predicted octanol–water partition coefficient (Wildman–Crippen LogP) is 3.03. The molecule has 0 saturated carbocycles. The van der Waals surface area contributed by atoms with E-state index in [2.05, 4.69) is 5.32 Å². The van der Waals surface area contributed by atoms with Crippen molar-refractivity contribution in [2.24, 2.45) is 7.05 Å². The number of rotatable bonds is 5. The number of amides is 1. The van der Waals surface area contributed by atoms with Crippen LogP contribution in [0.1, 0.15) is 16.2 Å². The standard InChI is InChI=1S/C22H19N3O5/c1-14-20(21(27)25(24(14)2)16-9-4-3-5-10-16)23-19(26)13-29-22(28)18-12-15-8-6-7-11-17(15)30-18/h3-12H,13H2,1-2H3,(H,23,26). The highest BCUT2D eigenvalue weighted by Crippen LogP contribution is 2.19. The number of carbonyl (C=O) groups excluding carboxylic acids is 2. The fourth-order valence-electron chi connectivity index (χ4n) is 3.17. The smallest absolute Gasteiger partial charge is 0.374 e. The SMILES string of the molecule is Cc1c(NC(=O)COC(=O)c2cc3ccccc3o2)c(=O)n(-c2ccccc2)n1C. The Morgan fingerprint density at radius 2 is 1.77 bits per heavy atom. The molecule has 1 amide bonds. The van der Waals surface area contributed by atoms with Crippen LogP contribution in [0.3, 0.4) is 0 Å². The maximum Gasteiger partial charge on any atom is 0.374 e. The molecule has 30 heavy (non-hydrogen) atoms. The minimum Gasteiger partial charge on any atom is -0.450 e. The molecule has 0 bridgehead atoms. The number of fused-ring (bicyclic) bond motifs is 1. The van der Waals surface area contributed by atoms with E-state index in [4.69, 9.17) is 9.15 Å². The summed E-state index contributed by atoms with van der Waals surface area (Å²) in [5, 5.41) is 3.30. The second-order valence-electron chi connectivity index (χ2n) is 6.71. The lowest BCUT2D eigenvalue weighted by atomic mass is 10.2. The van der Waals surface area contributed by atoms with Crippen LogP contribution in [0, 0.1) is 6.92 Å². The molecule has 0 radical (unpaired) electrons. The molecule has 8 nitrogen and oxygen atoms in total.